The van der Waals surface area contributed by atoms with Gasteiger partial charge in [0.15, 0.2) is 0 Å². The molecule has 0 aliphatic carbocycles. The van der Waals surface area contributed by atoms with Crippen LogP contribution in [0.2, 0.25) is 0 Å². The molecule has 4 amide bonds. The highest BCUT2D eigenvalue weighted by molar-refractivity contribution is 6.09. The van der Waals surface area contributed by atoms with Gasteiger partial charge in [-0.05, 0) is 37.1 Å². The third-order valence-electron chi connectivity index (χ3n) is 5.16. The standard InChI is InChI=1S/C21H25N3O5/c1-14(2)13-29-17-6-4-15(5-7-17)21(3)19(27)24(20(28)22-21)12-18(26)23-10-8-16(25)9-11-23/h4-7H,1,8-13H2,2-3H3,(H,22,28). The number of Topliss-reactive ketones (excluding diaryl/α,β-unsaturated/α-hetero) is 1. The zero-order valence-corrected chi connectivity index (χ0v) is 16.7. The molecule has 0 spiro atoms. The first kappa shape index (κ1) is 20.6. The van der Waals surface area contributed by atoms with E-state index in [4.69, 9.17) is 4.74 Å². The van der Waals surface area contributed by atoms with Crippen molar-refractivity contribution in [1.29, 1.82) is 0 Å². The fourth-order valence-electron chi connectivity index (χ4n) is 3.37. The lowest BCUT2D eigenvalue weighted by Gasteiger charge is -2.27. The van der Waals surface area contributed by atoms with Crippen LogP contribution in [0.4, 0.5) is 4.79 Å². The summed E-state index contributed by atoms with van der Waals surface area (Å²) in [5.74, 6) is -0.0792. The summed E-state index contributed by atoms with van der Waals surface area (Å²) in [5.41, 5.74) is 0.219. The van der Waals surface area contributed by atoms with Crippen molar-refractivity contribution < 1.29 is 23.9 Å². The molecular formula is C21H25N3O5. The monoisotopic (exact) mass is 399 g/mol. The first-order chi connectivity index (χ1) is 13.7. The minimum Gasteiger partial charge on any atom is -0.489 e. The molecule has 2 heterocycles. The summed E-state index contributed by atoms with van der Waals surface area (Å²) in [7, 11) is 0. The molecule has 29 heavy (non-hydrogen) atoms. The highest BCUT2D eigenvalue weighted by Gasteiger charge is 2.49. The first-order valence-electron chi connectivity index (χ1n) is 9.52. The smallest absolute Gasteiger partial charge is 0.325 e. The number of carbonyl (C=O) groups is 4. The second-order valence-corrected chi connectivity index (χ2v) is 7.64. The summed E-state index contributed by atoms with van der Waals surface area (Å²) in [5, 5.41) is 2.69. The molecule has 1 atom stereocenters. The Hall–Kier alpha value is -3.16. The fourth-order valence-corrected chi connectivity index (χ4v) is 3.37. The number of rotatable bonds is 6. The average Bonchev–Trinajstić information content (AvgIpc) is 2.91. The lowest BCUT2D eigenvalue weighted by Crippen LogP contribution is -2.46. The highest BCUT2D eigenvalue weighted by atomic mass is 16.5. The van der Waals surface area contributed by atoms with E-state index in [0.717, 1.165) is 10.5 Å². The van der Waals surface area contributed by atoms with Crippen molar-refractivity contribution in [3.05, 3.63) is 42.0 Å². The quantitative estimate of drug-likeness (QED) is 0.579. The van der Waals surface area contributed by atoms with Crippen LogP contribution >= 0.6 is 0 Å². The van der Waals surface area contributed by atoms with Gasteiger partial charge in [0.2, 0.25) is 5.91 Å². The average molecular weight is 399 g/mol. The molecule has 1 unspecified atom stereocenters. The van der Waals surface area contributed by atoms with E-state index in [1.807, 2.05) is 6.92 Å². The van der Waals surface area contributed by atoms with Gasteiger partial charge in [-0.25, -0.2) is 4.79 Å². The summed E-state index contributed by atoms with van der Waals surface area (Å²) in [6.45, 7) is 7.95. The van der Waals surface area contributed by atoms with Crippen LogP contribution in [0.3, 0.4) is 0 Å². The zero-order valence-electron chi connectivity index (χ0n) is 16.7. The van der Waals surface area contributed by atoms with Crippen molar-refractivity contribution in [3.8, 4) is 5.75 Å². The number of hydrogen-bond donors (Lipinski definition) is 1. The largest absolute Gasteiger partial charge is 0.489 e. The molecule has 1 N–H and O–H groups in total. The lowest BCUT2D eigenvalue weighted by atomic mass is 9.92. The summed E-state index contributed by atoms with van der Waals surface area (Å²) < 4.78 is 5.56. The van der Waals surface area contributed by atoms with E-state index >= 15 is 0 Å². The van der Waals surface area contributed by atoms with Gasteiger partial charge in [0.25, 0.3) is 5.91 Å². The number of piperidine rings is 1. The number of nitrogens with zero attached hydrogens (tertiary/aromatic N) is 2. The van der Waals surface area contributed by atoms with E-state index in [1.165, 1.54) is 4.90 Å². The van der Waals surface area contributed by atoms with Gasteiger partial charge < -0.3 is 15.0 Å². The molecule has 2 fully saturated rings. The zero-order chi connectivity index (χ0) is 21.2. The number of ether oxygens (including phenoxy) is 1. The molecule has 2 aliphatic heterocycles. The van der Waals surface area contributed by atoms with Crippen molar-refractivity contribution in [2.24, 2.45) is 0 Å². The molecule has 1 aromatic carbocycles. The van der Waals surface area contributed by atoms with Crippen LogP contribution in [0.1, 0.15) is 32.3 Å². The number of hydrogen-bond acceptors (Lipinski definition) is 5. The molecule has 3 rings (SSSR count). The fraction of sp³-hybridized carbons (Fsp3) is 0.429. The second kappa shape index (κ2) is 8.06. The van der Waals surface area contributed by atoms with Crippen molar-refractivity contribution in [2.45, 2.75) is 32.2 Å². The summed E-state index contributed by atoms with van der Waals surface area (Å²) >= 11 is 0. The third-order valence-corrected chi connectivity index (χ3v) is 5.16. The predicted molar refractivity (Wildman–Crippen MR) is 105 cm³/mol. The number of carbonyl (C=O) groups excluding carboxylic acids is 4. The van der Waals surface area contributed by atoms with Crippen molar-refractivity contribution in [2.75, 3.05) is 26.2 Å². The van der Waals surface area contributed by atoms with E-state index in [9.17, 15) is 19.2 Å². The minimum atomic E-state index is -1.26. The number of ketones is 1. The Morgan fingerprint density at radius 1 is 1.17 bits per heavy atom. The molecule has 1 aromatic rings. The Morgan fingerprint density at radius 3 is 2.38 bits per heavy atom. The maximum absolute atomic E-state index is 13.0. The molecule has 0 saturated carbocycles. The van der Waals surface area contributed by atoms with E-state index in [2.05, 4.69) is 11.9 Å². The van der Waals surface area contributed by atoms with Crippen LogP contribution in [-0.2, 0) is 19.9 Å². The molecule has 8 heteroatoms. The van der Waals surface area contributed by atoms with Gasteiger partial charge >= 0.3 is 6.03 Å². The van der Waals surface area contributed by atoms with Gasteiger partial charge in [0, 0.05) is 25.9 Å². The summed E-state index contributed by atoms with van der Waals surface area (Å²) in [4.78, 5) is 51.7. The topological polar surface area (TPSA) is 96.0 Å². The van der Waals surface area contributed by atoms with E-state index < -0.39 is 17.5 Å². The molecule has 8 nitrogen and oxygen atoms in total. The lowest BCUT2D eigenvalue weighted by molar-refractivity contribution is -0.140. The molecule has 0 bridgehead atoms. The Bertz CT molecular complexity index is 854. The van der Waals surface area contributed by atoms with E-state index in [-0.39, 0.29) is 18.2 Å². The molecular weight excluding hydrogens is 374 g/mol. The van der Waals surface area contributed by atoms with Gasteiger partial charge in [-0.2, -0.15) is 0 Å². The van der Waals surface area contributed by atoms with Gasteiger partial charge in [-0.15, -0.1) is 0 Å². The van der Waals surface area contributed by atoms with Gasteiger partial charge in [0.05, 0.1) is 0 Å². The SMILES string of the molecule is C=C(C)COc1ccc(C2(C)NC(=O)N(CC(=O)N3CCC(=O)CC3)C2=O)cc1. The maximum Gasteiger partial charge on any atom is 0.325 e. The molecule has 2 aliphatic rings. The Morgan fingerprint density at radius 2 is 1.79 bits per heavy atom. The van der Waals surface area contributed by atoms with Gasteiger partial charge in [-0.1, -0.05) is 18.7 Å². The van der Waals surface area contributed by atoms with Crippen LogP contribution in [0.15, 0.2) is 36.4 Å². The summed E-state index contributed by atoms with van der Waals surface area (Å²) in [6.07, 6.45) is 0.618. The Balaban J connectivity index is 1.69. The van der Waals surface area contributed by atoms with Crippen LogP contribution in [0, 0.1) is 0 Å². The highest BCUT2D eigenvalue weighted by Crippen LogP contribution is 2.30. The summed E-state index contributed by atoms with van der Waals surface area (Å²) in [6, 6.07) is 6.27. The number of urea groups is 1. The molecule has 0 radical (unpaired) electrons. The number of nitrogens with one attached hydrogen (secondary N) is 1. The van der Waals surface area contributed by atoms with E-state index in [1.54, 1.807) is 31.2 Å². The third kappa shape index (κ3) is 4.31. The molecule has 154 valence electrons. The van der Waals surface area contributed by atoms with Crippen LogP contribution in [0.5, 0.6) is 5.75 Å². The van der Waals surface area contributed by atoms with E-state index in [0.29, 0.717) is 43.9 Å². The van der Waals surface area contributed by atoms with Gasteiger partial charge in [-0.3, -0.25) is 19.3 Å². The predicted octanol–water partition coefficient (Wildman–Crippen LogP) is 1.60. The number of imide groups is 1. The number of amides is 4. The van der Waals surface area contributed by atoms with Crippen molar-refractivity contribution in [3.63, 3.8) is 0 Å². The normalized spacial score (nSPS) is 21.9. The second-order valence-electron chi connectivity index (χ2n) is 7.64. The van der Waals surface area contributed by atoms with Crippen LogP contribution in [0.25, 0.3) is 0 Å². The maximum atomic E-state index is 13.0. The first-order valence-corrected chi connectivity index (χ1v) is 9.52. The van der Waals surface area contributed by atoms with Crippen LogP contribution in [-0.4, -0.2) is 59.7 Å². The van der Waals surface area contributed by atoms with Crippen molar-refractivity contribution >= 4 is 23.6 Å². The Kier molecular flexibility index (Phi) is 5.72. The number of likely N-dealkylation sites (tertiary alicyclic amines) is 1. The molecule has 0 aromatic heterocycles. The minimum absolute atomic E-state index is 0.118. The van der Waals surface area contributed by atoms with Crippen molar-refractivity contribution in [1.82, 2.24) is 15.1 Å². The van der Waals surface area contributed by atoms with Gasteiger partial charge in [0.1, 0.15) is 30.2 Å². The Labute approximate surface area is 169 Å². The number of benzene rings is 1. The van der Waals surface area contributed by atoms with Crippen LogP contribution < -0.4 is 10.1 Å². The molecule has 2 saturated heterocycles.